The minimum atomic E-state index is -0.461. The van der Waals surface area contributed by atoms with Crippen molar-refractivity contribution in [1.82, 2.24) is 14.8 Å². The molecule has 0 saturated carbocycles. The first-order valence-corrected chi connectivity index (χ1v) is 8.42. The van der Waals surface area contributed by atoms with Gasteiger partial charge in [0, 0.05) is 45.1 Å². The molecular weight excluding hydrogens is 300 g/mol. The van der Waals surface area contributed by atoms with E-state index < -0.39 is 6.04 Å². The second-order valence-corrected chi connectivity index (χ2v) is 6.26. The molecule has 0 aliphatic carbocycles. The van der Waals surface area contributed by atoms with Gasteiger partial charge in [0.15, 0.2) is 0 Å². The average Bonchev–Trinajstić information content (AvgIpc) is 2.63. The average molecular weight is 324 g/mol. The summed E-state index contributed by atoms with van der Waals surface area (Å²) in [5.74, 6) is 0.0554. The Kier molecular flexibility index (Phi) is 5.56. The second-order valence-electron chi connectivity index (χ2n) is 6.26. The Morgan fingerprint density at radius 1 is 1.04 bits per heavy atom. The first kappa shape index (κ1) is 16.6. The molecule has 1 aliphatic heterocycles. The Morgan fingerprint density at radius 2 is 1.75 bits per heavy atom. The van der Waals surface area contributed by atoms with Crippen LogP contribution < -0.4 is 5.73 Å². The summed E-state index contributed by atoms with van der Waals surface area (Å²) in [6.07, 6.45) is 4.27. The lowest BCUT2D eigenvalue weighted by molar-refractivity contribution is -0.134. The largest absolute Gasteiger partial charge is 0.339 e. The SMILES string of the molecule is NC(Cc1ccccc1)C(=O)N1CCN(Cc2cccnc2)CC1. The summed E-state index contributed by atoms with van der Waals surface area (Å²) in [4.78, 5) is 20.9. The van der Waals surface area contributed by atoms with Gasteiger partial charge in [0.25, 0.3) is 0 Å². The predicted octanol–water partition coefficient (Wildman–Crippen LogP) is 1.30. The van der Waals surface area contributed by atoms with Crippen LogP contribution in [0.2, 0.25) is 0 Å². The van der Waals surface area contributed by atoms with E-state index in [1.165, 1.54) is 5.56 Å². The zero-order valence-corrected chi connectivity index (χ0v) is 13.8. The third kappa shape index (κ3) is 4.40. The topological polar surface area (TPSA) is 62.5 Å². The fourth-order valence-corrected chi connectivity index (χ4v) is 3.07. The van der Waals surface area contributed by atoms with Crippen molar-refractivity contribution in [2.45, 2.75) is 19.0 Å². The normalized spacial score (nSPS) is 16.8. The van der Waals surface area contributed by atoms with E-state index in [0.717, 1.165) is 38.3 Å². The number of amides is 1. The molecule has 1 aromatic heterocycles. The van der Waals surface area contributed by atoms with E-state index in [2.05, 4.69) is 16.0 Å². The Morgan fingerprint density at radius 3 is 2.42 bits per heavy atom. The predicted molar refractivity (Wildman–Crippen MR) is 94.2 cm³/mol. The van der Waals surface area contributed by atoms with Crippen LogP contribution >= 0.6 is 0 Å². The van der Waals surface area contributed by atoms with Gasteiger partial charge in [0.2, 0.25) is 5.91 Å². The van der Waals surface area contributed by atoms with Crippen LogP contribution in [0, 0.1) is 0 Å². The van der Waals surface area contributed by atoms with Crippen LogP contribution in [0.1, 0.15) is 11.1 Å². The number of hydrogen-bond donors (Lipinski definition) is 1. The van der Waals surface area contributed by atoms with Crippen LogP contribution in [0.4, 0.5) is 0 Å². The Hall–Kier alpha value is -2.24. The Bertz CT molecular complexity index is 639. The molecule has 126 valence electrons. The van der Waals surface area contributed by atoms with Crippen molar-refractivity contribution < 1.29 is 4.79 Å². The van der Waals surface area contributed by atoms with Gasteiger partial charge in [-0.2, -0.15) is 0 Å². The van der Waals surface area contributed by atoms with Crippen molar-refractivity contribution in [2.75, 3.05) is 26.2 Å². The first-order valence-electron chi connectivity index (χ1n) is 8.42. The fourth-order valence-electron chi connectivity index (χ4n) is 3.07. The highest BCUT2D eigenvalue weighted by Gasteiger charge is 2.25. The molecule has 3 rings (SSSR count). The summed E-state index contributed by atoms with van der Waals surface area (Å²) in [6, 6.07) is 13.5. The lowest BCUT2D eigenvalue weighted by Crippen LogP contribution is -2.53. The lowest BCUT2D eigenvalue weighted by Gasteiger charge is -2.35. The molecule has 1 amide bonds. The Labute approximate surface area is 143 Å². The highest BCUT2D eigenvalue weighted by Crippen LogP contribution is 2.10. The molecule has 1 aromatic carbocycles. The number of carbonyl (C=O) groups is 1. The van der Waals surface area contributed by atoms with Crippen molar-refractivity contribution in [3.8, 4) is 0 Å². The number of carbonyl (C=O) groups excluding carboxylic acids is 1. The number of aromatic nitrogens is 1. The molecule has 2 N–H and O–H groups in total. The molecule has 1 aliphatic rings. The van der Waals surface area contributed by atoms with Crippen LogP contribution in [-0.4, -0.2) is 52.9 Å². The van der Waals surface area contributed by atoms with Crippen LogP contribution in [-0.2, 0) is 17.8 Å². The van der Waals surface area contributed by atoms with E-state index in [0.29, 0.717) is 6.42 Å². The number of benzene rings is 1. The smallest absolute Gasteiger partial charge is 0.239 e. The minimum Gasteiger partial charge on any atom is -0.339 e. The van der Waals surface area contributed by atoms with Gasteiger partial charge in [-0.25, -0.2) is 0 Å². The highest BCUT2D eigenvalue weighted by atomic mass is 16.2. The molecule has 0 radical (unpaired) electrons. The van der Waals surface area contributed by atoms with Crippen molar-refractivity contribution >= 4 is 5.91 Å². The molecule has 0 spiro atoms. The summed E-state index contributed by atoms with van der Waals surface area (Å²) < 4.78 is 0. The third-order valence-corrected chi connectivity index (χ3v) is 4.43. The zero-order chi connectivity index (χ0) is 16.8. The molecule has 5 heteroatoms. The first-order chi connectivity index (χ1) is 11.7. The molecule has 1 fully saturated rings. The van der Waals surface area contributed by atoms with Crippen molar-refractivity contribution in [1.29, 1.82) is 0 Å². The van der Waals surface area contributed by atoms with Gasteiger partial charge in [0.1, 0.15) is 0 Å². The summed E-state index contributed by atoms with van der Waals surface area (Å²) in [6.45, 7) is 4.10. The summed E-state index contributed by atoms with van der Waals surface area (Å²) >= 11 is 0. The van der Waals surface area contributed by atoms with Gasteiger partial charge in [-0.05, 0) is 23.6 Å². The number of nitrogens with two attached hydrogens (primary N) is 1. The van der Waals surface area contributed by atoms with Gasteiger partial charge in [-0.15, -0.1) is 0 Å². The summed E-state index contributed by atoms with van der Waals surface area (Å²) in [7, 11) is 0. The van der Waals surface area contributed by atoms with Gasteiger partial charge in [-0.3, -0.25) is 14.7 Å². The lowest BCUT2D eigenvalue weighted by atomic mass is 10.1. The van der Waals surface area contributed by atoms with E-state index in [1.54, 1.807) is 6.20 Å². The van der Waals surface area contributed by atoms with Crippen LogP contribution in [0.3, 0.4) is 0 Å². The highest BCUT2D eigenvalue weighted by molar-refractivity contribution is 5.82. The molecule has 1 saturated heterocycles. The molecule has 5 nitrogen and oxygen atoms in total. The zero-order valence-electron chi connectivity index (χ0n) is 13.8. The fraction of sp³-hybridized carbons (Fsp3) is 0.368. The molecular formula is C19H24N4O. The molecule has 2 aromatic rings. The van der Waals surface area contributed by atoms with E-state index in [-0.39, 0.29) is 5.91 Å². The number of piperazine rings is 1. The molecule has 2 heterocycles. The Balaban J connectivity index is 1.48. The third-order valence-electron chi connectivity index (χ3n) is 4.43. The molecule has 0 bridgehead atoms. The minimum absolute atomic E-state index is 0.0554. The quantitative estimate of drug-likeness (QED) is 0.900. The van der Waals surface area contributed by atoms with Crippen LogP contribution in [0.15, 0.2) is 54.9 Å². The maximum atomic E-state index is 12.5. The maximum absolute atomic E-state index is 12.5. The van der Waals surface area contributed by atoms with E-state index >= 15 is 0 Å². The van der Waals surface area contributed by atoms with Gasteiger partial charge < -0.3 is 10.6 Å². The monoisotopic (exact) mass is 324 g/mol. The maximum Gasteiger partial charge on any atom is 0.239 e. The molecule has 1 unspecified atom stereocenters. The van der Waals surface area contributed by atoms with Crippen molar-refractivity contribution in [2.24, 2.45) is 5.73 Å². The number of nitrogens with zero attached hydrogens (tertiary/aromatic N) is 3. The number of rotatable bonds is 5. The second kappa shape index (κ2) is 8.04. The molecule has 1 atom stereocenters. The summed E-state index contributed by atoms with van der Waals surface area (Å²) in [5, 5.41) is 0. The number of hydrogen-bond acceptors (Lipinski definition) is 4. The van der Waals surface area contributed by atoms with Crippen molar-refractivity contribution in [3.63, 3.8) is 0 Å². The van der Waals surface area contributed by atoms with E-state index in [9.17, 15) is 4.79 Å². The number of pyridine rings is 1. The van der Waals surface area contributed by atoms with Gasteiger partial charge in [0.05, 0.1) is 6.04 Å². The standard InChI is InChI=1S/C19H24N4O/c20-18(13-16-5-2-1-3-6-16)19(24)23-11-9-22(10-12-23)15-17-7-4-8-21-14-17/h1-8,14,18H,9-13,15,20H2. The summed E-state index contributed by atoms with van der Waals surface area (Å²) in [5.41, 5.74) is 8.44. The van der Waals surface area contributed by atoms with Gasteiger partial charge in [-0.1, -0.05) is 36.4 Å². The van der Waals surface area contributed by atoms with Gasteiger partial charge >= 0.3 is 0 Å². The van der Waals surface area contributed by atoms with E-state index in [4.69, 9.17) is 5.73 Å². The van der Waals surface area contributed by atoms with Crippen LogP contribution in [0.5, 0.6) is 0 Å². The van der Waals surface area contributed by atoms with Crippen molar-refractivity contribution in [3.05, 3.63) is 66.0 Å². The molecule has 24 heavy (non-hydrogen) atoms. The van der Waals surface area contributed by atoms with E-state index in [1.807, 2.05) is 47.5 Å². The van der Waals surface area contributed by atoms with Crippen LogP contribution in [0.25, 0.3) is 0 Å².